The molecule has 0 saturated carbocycles. The van der Waals surface area contributed by atoms with Crippen LogP contribution in [0.5, 0.6) is 0 Å². The molecule has 0 fully saturated rings. The van der Waals surface area contributed by atoms with Crippen molar-refractivity contribution in [2.75, 3.05) is 0 Å². The van der Waals surface area contributed by atoms with Gasteiger partial charge in [-0.25, -0.2) is 8.78 Å². The molecule has 0 heterocycles. The quantitative estimate of drug-likeness (QED) is 0.611. The number of alkyl halides is 1. The second kappa shape index (κ2) is 5.59. The number of benzene rings is 2. The Morgan fingerprint density at radius 1 is 1.05 bits per heavy atom. The van der Waals surface area contributed by atoms with E-state index in [9.17, 15) is 8.78 Å². The fraction of sp³-hybridized carbons (Fsp3) is 0.200. The van der Waals surface area contributed by atoms with Crippen molar-refractivity contribution in [3.05, 3.63) is 69.2 Å². The maximum Gasteiger partial charge on any atom is 0.129 e. The standard InChI is InChI=1S/C15H12BrClF2/c1-8-5-10(6-9(2)15(8)19)14(16)12-7-11(17)3-4-13(12)18/h3-7,14H,1-2H3. The molecule has 0 radical (unpaired) electrons. The van der Waals surface area contributed by atoms with Crippen LogP contribution in [0.2, 0.25) is 5.02 Å². The summed E-state index contributed by atoms with van der Waals surface area (Å²) >= 11 is 9.34. The van der Waals surface area contributed by atoms with Gasteiger partial charge in [-0.15, -0.1) is 0 Å². The second-order valence-electron chi connectivity index (χ2n) is 4.50. The van der Waals surface area contributed by atoms with E-state index in [1.54, 1.807) is 32.0 Å². The molecular weight excluding hydrogens is 334 g/mol. The molecule has 0 N–H and O–H groups in total. The van der Waals surface area contributed by atoms with E-state index in [2.05, 4.69) is 15.9 Å². The first-order valence-electron chi connectivity index (χ1n) is 5.76. The summed E-state index contributed by atoms with van der Waals surface area (Å²) in [5.74, 6) is -0.569. The minimum atomic E-state index is -0.357. The number of aryl methyl sites for hydroxylation is 2. The monoisotopic (exact) mass is 344 g/mol. The van der Waals surface area contributed by atoms with Gasteiger partial charge in [0.1, 0.15) is 11.6 Å². The second-order valence-corrected chi connectivity index (χ2v) is 5.85. The van der Waals surface area contributed by atoms with Gasteiger partial charge in [-0.3, -0.25) is 0 Å². The zero-order valence-electron chi connectivity index (χ0n) is 10.5. The third kappa shape index (κ3) is 2.98. The molecule has 2 aromatic rings. The SMILES string of the molecule is Cc1cc(C(Br)c2cc(Cl)ccc2F)cc(C)c1F. The van der Waals surface area contributed by atoms with Crippen molar-refractivity contribution in [3.8, 4) is 0 Å². The molecule has 1 atom stereocenters. The lowest BCUT2D eigenvalue weighted by molar-refractivity contribution is 0.606. The third-order valence-corrected chi connectivity index (χ3v) is 4.24. The summed E-state index contributed by atoms with van der Waals surface area (Å²) in [6, 6.07) is 7.82. The molecule has 4 heteroatoms. The summed E-state index contributed by atoms with van der Waals surface area (Å²) < 4.78 is 27.4. The zero-order valence-corrected chi connectivity index (χ0v) is 12.8. The first kappa shape index (κ1) is 14.5. The van der Waals surface area contributed by atoms with Gasteiger partial charge in [-0.1, -0.05) is 39.7 Å². The van der Waals surface area contributed by atoms with Crippen LogP contribution >= 0.6 is 27.5 Å². The van der Waals surface area contributed by atoms with Crippen LogP contribution in [0.4, 0.5) is 8.78 Å². The predicted molar refractivity (Wildman–Crippen MR) is 78.1 cm³/mol. The van der Waals surface area contributed by atoms with Crippen molar-refractivity contribution < 1.29 is 8.78 Å². The molecule has 0 saturated heterocycles. The van der Waals surface area contributed by atoms with Crippen molar-refractivity contribution in [2.24, 2.45) is 0 Å². The Kier molecular flexibility index (Phi) is 4.26. The molecule has 0 bridgehead atoms. The molecule has 1 unspecified atom stereocenters. The van der Waals surface area contributed by atoms with E-state index in [4.69, 9.17) is 11.6 Å². The van der Waals surface area contributed by atoms with E-state index in [1.165, 1.54) is 12.1 Å². The average molecular weight is 346 g/mol. The number of rotatable bonds is 2. The van der Waals surface area contributed by atoms with Crippen molar-refractivity contribution in [1.29, 1.82) is 0 Å². The van der Waals surface area contributed by atoms with E-state index in [0.29, 0.717) is 21.7 Å². The highest BCUT2D eigenvalue weighted by atomic mass is 79.9. The highest BCUT2D eigenvalue weighted by Crippen LogP contribution is 2.35. The summed E-state index contributed by atoms with van der Waals surface area (Å²) in [5.41, 5.74) is 2.33. The van der Waals surface area contributed by atoms with Gasteiger partial charge >= 0.3 is 0 Å². The van der Waals surface area contributed by atoms with Crippen molar-refractivity contribution in [3.63, 3.8) is 0 Å². The van der Waals surface area contributed by atoms with Crippen LogP contribution in [0.25, 0.3) is 0 Å². The van der Waals surface area contributed by atoms with Gasteiger partial charge in [0.25, 0.3) is 0 Å². The lowest BCUT2D eigenvalue weighted by Crippen LogP contribution is -1.99. The van der Waals surface area contributed by atoms with Crippen LogP contribution in [0.15, 0.2) is 30.3 Å². The van der Waals surface area contributed by atoms with E-state index in [0.717, 1.165) is 5.56 Å². The number of hydrogen-bond donors (Lipinski definition) is 0. The normalized spacial score (nSPS) is 12.5. The topological polar surface area (TPSA) is 0 Å². The average Bonchev–Trinajstić information content (AvgIpc) is 2.37. The van der Waals surface area contributed by atoms with Crippen LogP contribution in [-0.4, -0.2) is 0 Å². The third-order valence-electron chi connectivity index (χ3n) is 2.98. The van der Waals surface area contributed by atoms with E-state index in [-0.39, 0.29) is 16.5 Å². The lowest BCUT2D eigenvalue weighted by Gasteiger charge is -2.14. The van der Waals surface area contributed by atoms with Gasteiger partial charge in [0, 0.05) is 10.6 Å². The minimum Gasteiger partial charge on any atom is -0.207 e. The van der Waals surface area contributed by atoms with Crippen LogP contribution in [0.1, 0.15) is 27.1 Å². The molecule has 0 aliphatic carbocycles. The molecule has 2 aromatic carbocycles. The molecule has 0 nitrogen and oxygen atoms in total. The smallest absolute Gasteiger partial charge is 0.129 e. The van der Waals surface area contributed by atoms with Gasteiger partial charge in [0.15, 0.2) is 0 Å². The maximum absolute atomic E-state index is 13.8. The molecule has 0 spiro atoms. The molecule has 0 amide bonds. The van der Waals surface area contributed by atoms with Crippen LogP contribution in [0.3, 0.4) is 0 Å². The summed E-state index contributed by atoms with van der Waals surface area (Å²) in [6.07, 6.45) is 0. The molecule has 0 aliphatic rings. The summed E-state index contributed by atoms with van der Waals surface area (Å²) in [4.78, 5) is -0.357. The Labute approximate surface area is 124 Å². The molecular formula is C15H12BrClF2. The Hall–Kier alpha value is -0.930. The summed E-state index contributed by atoms with van der Waals surface area (Å²) in [6.45, 7) is 3.39. The highest BCUT2D eigenvalue weighted by molar-refractivity contribution is 9.09. The number of hydrogen-bond acceptors (Lipinski definition) is 0. The highest BCUT2D eigenvalue weighted by Gasteiger charge is 2.17. The van der Waals surface area contributed by atoms with Crippen LogP contribution in [0, 0.1) is 25.5 Å². The summed E-state index contributed by atoms with van der Waals surface area (Å²) in [7, 11) is 0. The Morgan fingerprint density at radius 3 is 2.21 bits per heavy atom. The van der Waals surface area contributed by atoms with Crippen LogP contribution < -0.4 is 0 Å². The van der Waals surface area contributed by atoms with Crippen molar-refractivity contribution in [2.45, 2.75) is 18.7 Å². The van der Waals surface area contributed by atoms with Crippen LogP contribution in [-0.2, 0) is 0 Å². The Morgan fingerprint density at radius 2 is 1.63 bits per heavy atom. The minimum absolute atomic E-state index is 0.227. The number of halogens is 4. The zero-order chi connectivity index (χ0) is 14.2. The van der Waals surface area contributed by atoms with Crippen molar-refractivity contribution in [1.82, 2.24) is 0 Å². The maximum atomic E-state index is 13.8. The molecule has 0 aliphatic heterocycles. The lowest BCUT2D eigenvalue weighted by atomic mass is 10.00. The molecule has 2 rings (SSSR count). The van der Waals surface area contributed by atoms with E-state index < -0.39 is 0 Å². The fourth-order valence-electron chi connectivity index (χ4n) is 2.01. The van der Waals surface area contributed by atoms with Gasteiger partial charge < -0.3 is 0 Å². The molecule has 19 heavy (non-hydrogen) atoms. The van der Waals surface area contributed by atoms with Gasteiger partial charge in [-0.2, -0.15) is 0 Å². The first-order chi connectivity index (χ1) is 8.90. The van der Waals surface area contributed by atoms with E-state index >= 15 is 0 Å². The molecule has 0 aromatic heterocycles. The van der Waals surface area contributed by atoms with Crippen molar-refractivity contribution >= 4 is 27.5 Å². The van der Waals surface area contributed by atoms with Gasteiger partial charge in [-0.05, 0) is 48.7 Å². The predicted octanol–water partition coefficient (Wildman–Crippen LogP) is 5.72. The van der Waals surface area contributed by atoms with Gasteiger partial charge in [0.2, 0.25) is 0 Å². The Bertz CT molecular complexity index is 603. The summed E-state index contributed by atoms with van der Waals surface area (Å²) in [5, 5.41) is 0.469. The first-order valence-corrected chi connectivity index (χ1v) is 7.05. The van der Waals surface area contributed by atoms with Gasteiger partial charge in [0.05, 0.1) is 4.83 Å². The fourth-order valence-corrected chi connectivity index (χ4v) is 2.81. The Balaban J connectivity index is 2.49. The molecule has 100 valence electrons. The largest absolute Gasteiger partial charge is 0.207 e. The van der Waals surface area contributed by atoms with E-state index in [1.807, 2.05) is 0 Å².